The SMILES string of the molecule is CC(CCCN)c1nc(-c2ccc3nccnc3c2)no1. The zero-order valence-corrected chi connectivity index (χ0v) is 11.9. The van der Waals surface area contributed by atoms with Gasteiger partial charge in [0.25, 0.3) is 0 Å². The molecule has 0 spiro atoms. The number of rotatable bonds is 5. The highest BCUT2D eigenvalue weighted by molar-refractivity contribution is 5.79. The summed E-state index contributed by atoms with van der Waals surface area (Å²) >= 11 is 0. The van der Waals surface area contributed by atoms with Gasteiger partial charge in [0.1, 0.15) is 0 Å². The van der Waals surface area contributed by atoms with Crippen molar-refractivity contribution in [2.75, 3.05) is 6.54 Å². The summed E-state index contributed by atoms with van der Waals surface area (Å²) in [5.41, 5.74) is 8.07. The highest BCUT2D eigenvalue weighted by atomic mass is 16.5. The Balaban J connectivity index is 1.87. The fourth-order valence-electron chi connectivity index (χ4n) is 2.20. The van der Waals surface area contributed by atoms with E-state index >= 15 is 0 Å². The summed E-state index contributed by atoms with van der Waals surface area (Å²) in [6, 6.07) is 5.75. The van der Waals surface area contributed by atoms with Gasteiger partial charge < -0.3 is 10.3 Å². The molecule has 0 saturated heterocycles. The first kappa shape index (κ1) is 13.6. The van der Waals surface area contributed by atoms with E-state index in [0.717, 1.165) is 29.4 Å². The van der Waals surface area contributed by atoms with Crippen molar-refractivity contribution in [3.8, 4) is 11.4 Å². The normalized spacial score (nSPS) is 12.7. The van der Waals surface area contributed by atoms with Gasteiger partial charge >= 0.3 is 0 Å². The molecule has 0 fully saturated rings. The smallest absolute Gasteiger partial charge is 0.229 e. The molecule has 2 aromatic heterocycles. The molecule has 0 radical (unpaired) electrons. The number of hydrogen-bond acceptors (Lipinski definition) is 6. The summed E-state index contributed by atoms with van der Waals surface area (Å²) in [7, 11) is 0. The van der Waals surface area contributed by atoms with Gasteiger partial charge in [-0.15, -0.1) is 0 Å². The van der Waals surface area contributed by atoms with Gasteiger partial charge in [-0.3, -0.25) is 9.97 Å². The summed E-state index contributed by atoms with van der Waals surface area (Å²) in [6.07, 6.45) is 5.24. The molecule has 2 N–H and O–H groups in total. The highest BCUT2D eigenvalue weighted by Crippen LogP contribution is 2.24. The summed E-state index contributed by atoms with van der Waals surface area (Å²) in [6.45, 7) is 2.74. The maximum atomic E-state index is 5.52. The quantitative estimate of drug-likeness (QED) is 0.773. The molecule has 2 heterocycles. The largest absolute Gasteiger partial charge is 0.339 e. The van der Waals surface area contributed by atoms with Crippen molar-refractivity contribution < 1.29 is 4.52 Å². The third kappa shape index (κ3) is 2.90. The van der Waals surface area contributed by atoms with Gasteiger partial charge in [-0.2, -0.15) is 4.98 Å². The Kier molecular flexibility index (Phi) is 3.87. The highest BCUT2D eigenvalue weighted by Gasteiger charge is 2.15. The molecule has 0 aliphatic rings. The molecule has 6 nitrogen and oxygen atoms in total. The van der Waals surface area contributed by atoms with Crippen LogP contribution in [0.15, 0.2) is 35.1 Å². The fourth-order valence-corrected chi connectivity index (χ4v) is 2.20. The van der Waals surface area contributed by atoms with Gasteiger partial charge in [-0.05, 0) is 37.6 Å². The molecule has 0 bridgehead atoms. The van der Waals surface area contributed by atoms with Crippen LogP contribution in [0.2, 0.25) is 0 Å². The van der Waals surface area contributed by atoms with Crippen LogP contribution in [0.5, 0.6) is 0 Å². The van der Waals surface area contributed by atoms with Crippen LogP contribution in [0.4, 0.5) is 0 Å². The lowest BCUT2D eigenvalue weighted by atomic mass is 10.1. The molecule has 1 unspecified atom stereocenters. The summed E-state index contributed by atoms with van der Waals surface area (Å²) in [4.78, 5) is 13.0. The lowest BCUT2D eigenvalue weighted by molar-refractivity contribution is 0.352. The van der Waals surface area contributed by atoms with Crippen LogP contribution in [0.3, 0.4) is 0 Å². The van der Waals surface area contributed by atoms with E-state index in [2.05, 4.69) is 27.0 Å². The number of aromatic nitrogens is 4. The van der Waals surface area contributed by atoms with Crippen molar-refractivity contribution in [3.05, 3.63) is 36.5 Å². The maximum Gasteiger partial charge on any atom is 0.229 e. The monoisotopic (exact) mass is 283 g/mol. The predicted molar refractivity (Wildman–Crippen MR) is 79.5 cm³/mol. The van der Waals surface area contributed by atoms with Crippen LogP contribution in [0.1, 0.15) is 31.6 Å². The van der Waals surface area contributed by atoms with Crippen LogP contribution < -0.4 is 5.73 Å². The molecular weight excluding hydrogens is 266 g/mol. The minimum atomic E-state index is 0.218. The van der Waals surface area contributed by atoms with Crippen LogP contribution in [-0.2, 0) is 0 Å². The molecule has 6 heteroatoms. The van der Waals surface area contributed by atoms with Crippen LogP contribution >= 0.6 is 0 Å². The molecule has 0 saturated carbocycles. The molecule has 3 aromatic rings. The van der Waals surface area contributed by atoms with Crippen molar-refractivity contribution in [2.45, 2.75) is 25.7 Å². The van der Waals surface area contributed by atoms with Gasteiger partial charge in [0.05, 0.1) is 11.0 Å². The Bertz CT molecular complexity index is 740. The molecule has 0 aliphatic heterocycles. The van der Waals surface area contributed by atoms with Gasteiger partial charge in [-0.1, -0.05) is 12.1 Å². The Morgan fingerprint density at radius 3 is 2.81 bits per heavy atom. The first-order valence-electron chi connectivity index (χ1n) is 7.03. The number of fused-ring (bicyclic) bond motifs is 1. The van der Waals surface area contributed by atoms with E-state index in [1.54, 1.807) is 12.4 Å². The molecule has 21 heavy (non-hydrogen) atoms. The van der Waals surface area contributed by atoms with Crippen LogP contribution in [-0.4, -0.2) is 26.7 Å². The zero-order chi connectivity index (χ0) is 14.7. The second-order valence-corrected chi connectivity index (χ2v) is 5.05. The molecule has 3 rings (SSSR count). The Morgan fingerprint density at radius 1 is 1.19 bits per heavy atom. The summed E-state index contributed by atoms with van der Waals surface area (Å²) in [5, 5.41) is 4.06. The Morgan fingerprint density at radius 2 is 2.00 bits per heavy atom. The van der Waals surface area contributed by atoms with Crippen molar-refractivity contribution in [1.29, 1.82) is 0 Å². The van der Waals surface area contributed by atoms with Crippen molar-refractivity contribution >= 4 is 11.0 Å². The molecule has 1 aromatic carbocycles. The van der Waals surface area contributed by atoms with E-state index < -0.39 is 0 Å². The number of benzene rings is 1. The summed E-state index contributed by atoms with van der Waals surface area (Å²) < 4.78 is 5.35. The Hall–Kier alpha value is -2.34. The average molecular weight is 283 g/mol. The van der Waals surface area contributed by atoms with Gasteiger partial charge in [0.15, 0.2) is 0 Å². The van der Waals surface area contributed by atoms with Crippen molar-refractivity contribution in [1.82, 2.24) is 20.1 Å². The molecule has 108 valence electrons. The third-order valence-electron chi connectivity index (χ3n) is 3.43. The van der Waals surface area contributed by atoms with Gasteiger partial charge in [-0.25, -0.2) is 0 Å². The van der Waals surface area contributed by atoms with Crippen molar-refractivity contribution in [2.24, 2.45) is 5.73 Å². The van der Waals surface area contributed by atoms with Gasteiger partial charge in [0.2, 0.25) is 11.7 Å². The first-order chi connectivity index (χ1) is 10.3. The third-order valence-corrected chi connectivity index (χ3v) is 3.43. The Labute approximate surface area is 122 Å². The minimum absolute atomic E-state index is 0.218. The van der Waals surface area contributed by atoms with E-state index in [1.165, 1.54) is 0 Å². The van der Waals surface area contributed by atoms with E-state index in [4.69, 9.17) is 10.3 Å². The fraction of sp³-hybridized carbons (Fsp3) is 0.333. The van der Waals surface area contributed by atoms with E-state index in [0.29, 0.717) is 18.3 Å². The van der Waals surface area contributed by atoms with Crippen LogP contribution in [0, 0.1) is 0 Å². The maximum absolute atomic E-state index is 5.52. The second-order valence-electron chi connectivity index (χ2n) is 5.05. The number of nitrogens with zero attached hydrogens (tertiary/aromatic N) is 4. The van der Waals surface area contributed by atoms with Gasteiger partial charge in [0, 0.05) is 23.9 Å². The minimum Gasteiger partial charge on any atom is -0.339 e. The van der Waals surface area contributed by atoms with E-state index in [-0.39, 0.29) is 5.92 Å². The number of hydrogen-bond donors (Lipinski definition) is 1. The molecule has 0 amide bonds. The topological polar surface area (TPSA) is 90.7 Å². The lowest BCUT2D eigenvalue weighted by Gasteiger charge is -2.03. The zero-order valence-electron chi connectivity index (χ0n) is 11.9. The molecule has 1 atom stereocenters. The van der Waals surface area contributed by atoms with Crippen LogP contribution in [0.25, 0.3) is 22.4 Å². The second kappa shape index (κ2) is 5.97. The van der Waals surface area contributed by atoms with E-state index in [1.807, 2.05) is 18.2 Å². The average Bonchev–Trinajstić information content (AvgIpc) is 3.02. The lowest BCUT2D eigenvalue weighted by Crippen LogP contribution is -2.02. The molecular formula is C15H17N5O. The first-order valence-corrected chi connectivity index (χ1v) is 7.03. The standard InChI is InChI=1S/C15H17N5O/c1-10(3-2-6-16)15-19-14(20-21-15)11-4-5-12-13(9-11)18-8-7-17-12/h4-5,7-10H,2-3,6,16H2,1H3. The molecule has 0 aliphatic carbocycles. The summed E-state index contributed by atoms with van der Waals surface area (Å²) in [5.74, 6) is 1.45. The van der Waals surface area contributed by atoms with E-state index in [9.17, 15) is 0 Å². The van der Waals surface area contributed by atoms with Crippen molar-refractivity contribution in [3.63, 3.8) is 0 Å². The number of nitrogens with two attached hydrogens (primary N) is 1. The predicted octanol–water partition coefficient (Wildman–Crippen LogP) is 2.52.